The average molecular weight is 314 g/mol. The molecule has 1 amide bonds. The molecule has 0 aliphatic heterocycles. The van der Waals surface area contributed by atoms with Gasteiger partial charge in [0.25, 0.3) is 5.91 Å². The van der Waals surface area contributed by atoms with Crippen LogP contribution in [0.15, 0.2) is 18.3 Å². The van der Waals surface area contributed by atoms with E-state index in [-0.39, 0.29) is 5.91 Å². The second-order valence-electron chi connectivity index (χ2n) is 5.74. The van der Waals surface area contributed by atoms with Crippen molar-refractivity contribution in [3.8, 4) is 0 Å². The maximum absolute atomic E-state index is 11.8. The maximum Gasteiger partial charge on any atom is 0.272 e. The summed E-state index contributed by atoms with van der Waals surface area (Å²) in [5, 5.41) is 3.10. The standard InChI is InChI=1S/C13H22N4O3S/c1-13(2,16-21(5,19)20)9-15-10-6-7-14-11(8-10)12(18)17(3)4/h6-8,16H,9H2,1-5H3,(H,14,15). The first-order valence-electron chi connectivity index (χ1n) is 6.41. The normalized spacial score (nSPS) is 12.0. The smallest absolute Gasteiger partial charge is 0.272 e. The number of sulfonamides is 1. The van der Waals surface area contributed by atoms with Crippen molar-refractivity contribution in [1.29, 1.82) is 0 Å². The molecule has 7 nitrogen and oxygen atoms in total. The van der Waals surface area contributed by atoms with E-state index in [0.29, 0.717) is 17.9 Å². The molecule has 118 valence electrons. The van der Waals surface area contributed by atoms with Crippen LogP contribution in [0.4, 0.5) is 5.69 Å². The molecule has 21 heavy (non-hydrogen) atoms. The Balaban J connectivity index is 2.76. The van der Waals surface area contributed by atoms with E-state index in [0.717, 1.165) is 6.26 Å². The van der Waals surface area contributed by atoms with Gasteiger partial charge in [-0.05, 0) is 26.0 Å². The fourth-order valence-electron chi connectivity index (χ4n) is 1.75. The van der Waals surface area contributed by atoms with Crippen LogP contribution in [-0.2, 0) is 10.0 Å². The van der Waals surface area contributed by atoms with Gasteiger partial charge in [0.15, 0.2) is 0 Å². The highest BCUT2D eigenvalue weighted by Gasteiger charge is 2.22. The molecule has 0 bridgehead atoms. The number of hydrogen-bond acceptors (Lipinski definition) is 5. The van der Waals surface area contributed by atoms with Crippen LogP contribution >= 0.6 is 0 Å². The lowest BCUT2D eigenvalue weighted by Crippen LogP contribution is -2.47. The Morgan fingerprint density at radius 3 is 2.52 bits per heavy atom. The van der Waals surface area contributed by atoms with Crippen molar-refractivity contribution in [2.24, 2.45) is 0 Å². The minimum Gasteiger partial charge on any atom is -0.383 e. The lowest BCUT2D eigenvalue weighted by atomic mass is 10.1. The Bertz CT molecular complexity index is 612. The topological polar surface area (TPSA) is 91.4 Å². The van der Waals surface area contributed by atoms with Gasteiger partial charge >= 0.3 is 0 Å². The summed E-state index contributed by atoms with van der Waals surface area (Å²) in [4.78, 5) is 17.3. The molecule has 0 aromatic carbocycles. The zero-order valence-electron chi connectivity index (χ0n) is 13.0. The van der Waals surface area contributed by atoms with Gasteiger partial charge in [0.2, 0.25) is 10.0 Å². The van der Waals surface area contributed by atoms with Crippen molar-refractivity contribution < 1.29 is 13.2 Å². The van der Waals surface area contributed by atoms with Gasteiger partial charge in [-0.25, -0.2) is 13.1 Å². The molecule has 1 rings (SSSR count). The van der Waals surface area contributed by atoms with Gasteiger partial charge in [-0.2, -0.15) is 0 Å². The van der Waals surface area contributed by atoms with E-state index >= 15 is 0 Å². The van der Waals surface area contributed by atoms with Crippen molar-refractivity contribution in [3.63, 3.8) is 0 Å². The van der Waals surface area contributed by atoms with Gasteiger partial charge in [-0.3, -0.25) is 9.78 Å². The maximum atomic E-state index is 11.8. The van der Waals surface area contributed by atoms with E-state index < -0.39 is 15.6 Å². The molecule has 0 aliphatic rings. The monoisotopic (exact) mass is 314 g/mol. The van der Waals surface area contributed by atoms with Gasteiger partial charge in [0.1, 0.15) is 5.69 Å². The van der Waals surface area contributed by atoms with Crippen molar-refractivity contribution >= 4 is 21.6 Å². The molecule has 0 radical (unpaired) electrons. The SMILES string of the molecule is CN(C)C(=O)c1cc(NCC(C)(C)NS(C)(=O)=O)ccn1. The number of hydrogen-bond donors (Lipinski definition) is 2. The Labute approximate surface area is 125 Å². The highest BCUT2D eigenvalue weighted by Crippen LogP contribution is 2.12. The van der Waals surface area contributed by atoms with Crippen molar-refractivity contribution in [1.82, 2.24) is 14.6 Å². The van der Waals surface area contributed by atoms with E-state index in [1.165, 1.54) is 11.1 Å². The number of anilines is 1. The van der Waals surface area contributed by atoms with Gasteiger partial charge < -0.3 is 10.2 Å². The number of amides is 1. The average Bonchev–Trinajstić information content (AvgIpc) is 2.33. The quantitative estimate of drug-likeness (QED) is 0.799. The number of aromatic nitrogens is 1. The third kappa shape index (κ3) is 6.09. The molecule has 0 fully saturated rings. The predicted octanol–water partition coefficient (Wildman–Crippen LogP) is 0.523. The fourth-order valence-corrected chi connectivity index (χ4v) is 2.82. The van der Waals surface area contributed by atoms with Crippen LogP contribution in [0.3, 0.4) is 0 Å². The van der Waals surface area contributed by atoms with Gasteiger partial charge in [-0.1, -0.05) is 0 Å². The highest BCUT2D eigenvalue weighted by molar-refractivity contribution is 7.88. The van der Waals surface area contributed by atoms with Crippen LogP contribution < -0.4 is 10.0 Å². The van der Waals surface area contributed by atoms with E-state index in [4.69, 9.17) is 0 Å². The molecule has 0 saturated heterocycles. The van der Waals surface area contributed by atoms with Crippen LogP contribution in [0.5, 0.6) is 0 Å². The van der Waals surface area contributed by atoms with Crippen LogP contribution in [0.25, 0.3) is 0 Å². The van der Waals surface area contributed by atoms with Crippen LogP contribution in [0.2, 0.25) is 0 Å². The Kier molecular flexibility index (Phi) is 5.30. The Morgan fingerprint density at radius 1 is 1.38 bits per heavy atom. The Morgan fingerprint density at radius 2 is 2.00 bits per heavy atom. The highest BCUT2D eigenvalue weighted by atomic mass is 32.2. The summed E-state index contributed by atoms with van der Waals surface area (Å²) >= 11 is 0. The second-order valence-corrected chi connectivity index (χ2v) is 7.49. The third-order valence-electron chi connectivity index (χ3n) is 2.58. The molecular weight excluding hydrogens is 292 g/mol. The molecule has 1 aromatic rings. The van der Waals surface area contributed by atoms with E-state index in [1.807, 2.05) is 0 Å². The Hall–Kier alpha value is -1.67. The number of carbonyl (C=O) groups excluding carboxylic acids is 1. The predicted molar refractivity (Wildman–Crippen MR) is 82.8 cm³/mol. The first-order valence-corrected chi connectivity index (χ1v) is 8.30. The minimum atomic E-state index is -3.28. The number of nitrogens with zero attached hydrogens (tertiary/aromatic N) is 2. The summed E-state index contributed by atoms with van der Waals surface area (Å²) in [5.41, 5.74) is 0.389. The molecule has 0 atom stereocenters. The van der Waals surface area contributed by atoms with Gasteiger partial charge in [-0.15, -0.1) is 0 Å². The molecule has 1 aromatic heterocycles. The fraction of sp³-hybridized carbons (Fsp3) is 0.538. The van der Waals surface area contributed by atoms with Crippen LogP contribution in [0.1, 0.15) is 24.3 Å². The first-order chi connectivity index (χ1) is 9.50. The number of pyridine rings is 1. The number of carbonyl (C=O) groups is 1. The third-order valence-corrected chi connectivity index (χ3v) is 3.50. The van der Waals surface area contributed by atoms with E-state index in [9.17, 15) is 13.2 Å². The minimum absolute atomic E-state index is 0.188. The summed E-state index contributed by atoms with van der Waals surface area (Å²) in [6.45, 7) is 3.92. The largest absolute Gasteiger partial charge is 0.383 e. The van der Waals surface area contributed by atoms with Crippen LogP contribution in [0, 0.1) is 0 Å². The van der Waals surface area contributed by atoms with Gasteiger partial charge in [0.05, 0.1) is 6.26 Å². The first kappa shape index (κ1) is 17.4. The van der Waals surface area contributed by atoms with Crippen LogP contribution in [-0.4, -0.2) is 56.6 Å². The van der Waals surface area contributed by atoms with Gasteiger partial charge in [0, 0.05) is 38.1 Å². The molecule has 8 heteroatoms. The van der Waals surface area contributed by atoms with E-state index in [1.54, 1.807) is 40.1 Å². The molecule has 1 heterocycles. The van der Waals surface area contributed by atoms with E-state index in [2.05, 4.69) is 15.0 Å². The number of rotatable bonds is 6. The molecular formula is C13H22N4O3S. The van der Waals surface area contributed by atoms with Crippen molar-refractivity contribution in [2.75, 3.05) is 32.2 Å². The lowest BCUT2D eigenvalue weighted by molar-refractivity contribution is 0.0822. The zero-order valence-corrected chi connectivity index (χ0v) is 13.8. The molecule has 0 saturated carbocycles. The van der Waals surface area contributed by atoms with Crippen molar-refractivity contribution in [2.45, 2.75) is 19.4 Å². The zero-order chi connectivity index (χ0) is 16.3. The summed E-state index contributed by atoms with van der Waals surface area (Å²) in [7, 11) is 0.0299. The number of nitrogens with one attached hydrogen (secondary N) is 2. The molecule has 0 spiro atoms. The second kappa shape index (κ2) is 6.40. The molecule has 0 aliphatic carbocycles. The summed E-state index contributed by atoms with van der Waals surface area (Å²) in [6, 6.07) is 3.36. The summed E-state index contributed by atoms with van der Waals surface area (Å²) < 4.78 is 25.1. The van der Waals surface area contributed by atoms with Crippen molar-refractivity contribution in [3.05, 3.63) is 24.0 Å². The summed E-state index contributed by atoms with van der Waals surface area (Å²) in [5.74, 6) is -0.188. The molecule has 0 unspecified atom stereocenters. The summed E-state index contributed by atoms with van der Waals surface area (Å²) in [6.07, 6.45) is 2.66. The lowest BCUT2D eigenvalue weighted by Gasteiger charge is -2.26. The molecule has 2 N–H and O–H groups in total.